The summed E-state index contributed by atoms with van der Waals surface area (Å²) in [7, 11) is 0. The van der Waals surface area contributed by atoms with Crippen LogP contribution in [0, 0.1) is 0 Å². The summed E-state index contributed by atoms with van der Waals surface area (Å²) in [5.74, 6) is -0.831. The summed E-state index contributed by atoms with van der Waals surface area (Å²) >= 11 is 0. The summed E-state index contributed by atoms with van der Waals surface area (Å²) in [6.07, 6.45) is 0. The van der Waals surface area contributed by atoms with E-state index in [1.54, 1.807) is 0 Å². The Hall–Kier alpha value is -3.95. The zero-order valence-corrected chi connectivity index (χ0v) is 15.4. The van der Waals surface area contributed by atoms with Crippen molar-refractivity contribution in [3.05, 3.63) is 30.3 Å². The summed E-state index contributed by atoms with van der Waals surface area (Å²) < 4.78 is 0. The van der Waals surface area contributed by atoms with E-state index >= 15 is 0 Å². The Kier molecular flexibility index (Phi) is 5.21. The van der Waals surface area contributed by atoms with Crippen LogP contribution in [0.5, 0.6) is 0 Å². The number of nitrogens with zero attached hydrogens (tertiary/aromatic N) is 4. The Balaban J connectivity index is 2.29. The first-order valence-electron chi connectivity index (χ1n) is 8.31. The summed E-state index contributed by atoms with van der Waals surface area (Å²) in [6.45, 7) is 3.98. The van der Waals surface area contributed by atoms with Gasteiger partial charge < -0.3 is 10.6 Å². The van der Waals surface area contributed by atoms with Crippen LogP contribution in [0.25, 0.3) is 22.4 Å². The second-order valence-corrected chi connectivity index (χ2v) is 5.90. The first-order chi connectivity index (χ1) is 13.3. The van der Waals surface area contributed by atoms with E-state index in [0.29, 0.717) is 11.3 Å². The van der Waals surface area contributed by atoms with Gasteiger partial charge in [-0.1, -0.05) is 30.3 Å². The lowest BCUT2D eigenvalue weighted by molar-refractivity contribution is -0.115. The maximum absolute atomic E-state index is 11.6. The van der Waals surface area contributed by atoms with Gasteiger partial charge in [-0.15, -0.1) is 0 Å². The Bertz CT molecular complexity index is 1080. The zero-order chi connectivity index (χ0) is 20.3. The highest BCUT2D eigenvalue weighted by Crippen LogP contribution is 2.29. The van der Waals surface area contributed by atoms with Gasteiger partial charge in [0.05, 0.1) is 0 Å². The smallest absolute Gasteiger partial charge is 0.233 e. The molecule has 3 rings (SSSR count). The Morgan fingerprint density at radius 2 is 1.32 bits per heavy atom. The molecule has 3 amide bonds. The molecule has 0 unspecified atom stereocenters. The molecule has 0 aliphatic rings. The fourth-order valence-electron chi connectivity index (χ4n) is 2.47. The van der Waals surface area contributed by atoms with Gasteiger partial charge in [-0.05, 0) is 0 Å². The monoisotopic (exact) mass is 379 g/mol. The van der Waals surface area contributed by atoms with Crippen LogP contribution in [-0.2, 0) is 14.4 Å². The molecule has 0 saturated heterocycles. The van der Waals surface area contributed by atoms with Crippen LogP contribution in [0.2, 0.25) is 0 Å². The second kappa shape index (κ2) is 7.74. The van der Waals surface area contributed by atoms with Crippen molar-refractivity contribution < 1.29 is 14.4 Å². The molecule has 0 aliphatic heterocycles. The molecule has 0 radical (unpaired) electrons. The quantitative estimate of drug-likeness (QED) is 0.629. The van der Waals surface area contributed by atoms with Crippen molar-refractivity contribution in [2.24, 2.45) is 0 Å². The average molecular weight is 379 g/mol. The minimum Gasteiger partial charge on any atom is -0.309 e. The maximum atomic E-state index is 11.6. The number of benzene rings is 1. The minimum absolute atomic E-state index is 0.0423. The Morgan fingerprint density at radius 1 is 0.714 bits per heavy atom. The van der Waals surface area contributed by atoms with Crippen molar-refractivity contribution >= 4 is 46.5 Å². The normalized spacial score (nSPS) is 10.4. The van der Waals surface area contributed by atoms with E-state index < -0.39 is 0 Å². The van der Waals surface area contributed by atoms with E-state index in [4.69, 9.17) is 0 Å². The van der Waals surface area contributed by atoms with E-state index in [1.807, 2.05) is 30.3 Å². The number of anilines is 3. The summed E-state index contributed by atoms with van der Waals surface area (Å²) in [5.41, 5.74) is 1.43. The van der Waals surface area contributed by atoms with Crippen molar-refractivity contribution in [3.8, 4) is 11.3 Å². The van der Waals surface area contributed by atoms with E-state index in [-0.39, 0.29) is 46.5 Å². The van der Waals surface area contributed by atoms with E-state index in [2.05, 4.69) is 35.9 Å². The number of carbonyl (C=O) groups excluding carboxylic acids is 3. The molecule has 0 atom stereocenters. The predicted molar refractivity (Wildman–Crippen MR) is 103 cm³/mol. The molecule has 10 heteroatoms. The van der Waals surface area contributed by atoms with Gasteiger partial charge in [0, 0.05) is 26.3 Å². The summed E-state index contributed by atoms with van der Waals surface area (Å²) in [4.78, 5) is 51.8. The lowest BCUT2D eigenvalue weighted by Crippen LogP contribution is -2.15. The predicted octanol–water partition coefficient (Wildman–Crippen LogP) is 1.96. The zero-order valence-electron chi connectivity index (χ0n) is 15.4. The number of hydrogen-bond acceptors (Lipinski definition) is 7. The van der Waals surface area contributed by atoms with Crippen molar-refractivity contribution in [1.29, 1.82) is 0 Å². The molecule has 0 saturated carbocycles. The Labute approximate surface area is 159 Å². The number of hydrogen-bond donors (Lipinski definition) is 3. The third kappa shape index (κ3) is 4.23. The summed E-state index contributed by atoms with van der Waals surface area (Å²) in [5, 5.41) is 7.66. The van der Waals surface area contributed by atoms with Gasteiger partial charge in [-0.25, -0.2) is 9.97 Å². The molecule has 2 heterocycles. The molecule has 0 fully saturated rings. The fourth-order valence-corrected chi connectivity index (χ4v) is 2.47. The van der Waals surface area contributed by atoms with Gasteiger partial charge in [-0.3, -0.25) is 19.7 Å². The number of amides is 3. The van der Waals surface area contributed by atoms with Crippen molar-refractivity contribution in [2.75, 3.05) is 16.0 Å². The van der Waals surface area contributed by atoms with Crippen LogP contribution in [0.15, 0.2) is 30.3 Å². The first-order valence-corrected chi connectivity index (χ1v) is 8.31. The van der Waals surface area contributed by atoms with Crippen LogP contribution in [0.3, 0.4) is 0 Å². The first kappa shape index (κ1) is 18.8. The van der Waals surface area contributed by atoms with Gasteiger partial charge in [-0.2, -0.15) is 9.97 Å². The van der Waals surface area contributed by atoms with Gasteiger partial charge in [0.15, 0.2) is 22.8 Å². The van der Waals surface area contributed by atoms with Crippen molar-refractivity contribution in [2.45, 2.75) is 20.8 Å². The standard InChI is InChI=1S/C18H17N7O3/c1-9(26)19-15-13(12-7-5-4-6-8-12)22-14-16(20-10(2)27)24-18(21-11(3)28)25-17(14)23-15/h4-8H,1-3H3,(H3,19,20,21,23,24,25,26,27,28). The molecule has 0 aliphatic carbocycles. The van der Waals surface area contributed by atoms with Crippen molar-refractivity contribution in [1.82, 2.24) is 19.9 Å². The third-order valence-corrected chi connectivity index (χ3v) is 3.46. The van der Waals surface area contributed by atoms with Gasteiger partial charge in [0.2, 0.25) is 23.7 Å². The fraction of sp³-hybridized carbons (Fsp3) is 0.167. The second-order valence-electron chi connectivity index (χ2n) is 5.90. The molecular formula is C18H17N7O3. The molecule has 1 aromatic carbocycles. The van der Waals surface area contributed by atoms with E-state index in [1.165, 1.54) is 20.8 Å². The SMILES string of the molecule is CC(=O)Nc1nc(NC(C)=O)c2nc(-c3ccccc3)c(NC(C)=O)nc2n1. The van der Waals surface area contributed by atoms with Crippen LogP contribution < -0.4 is 16.0 Å². The van der Waals surface area contributed by atoms with Crippen LogP contribution in [0.4, 0.5) is 17.6 Å². The van der Waals surface area contributed by atoms with Crippen LogP contribution >= 0.6 is 0 Å². The molecule has 3 aromatic rings. The number of aromatic nitrogens is 4. The number of fused-ring (bicyclic) bond motifs is 1. The third-order valence-electron chi connectivity index (χ3n) is 3.46. The van der Waals surface area contributed by atoms with Crippen LogP contribution in [-0.4, -0.2) is 37.7 Å². The van der Waals surface area contributed by atoms with E-state index in [0.717, 1.165) is 0 Å². The molecule has 28 heavy (non-hydrogen) atoms. The molecule has 2 aromatic heterocycles. The summed E-state index contributed by atoms with van der Waals surface area (Å²) in [6, 6.07) is 9.12. The largest absolute Gasteiger partial charge is 0.309 e. The number of carbonyl (C=O) groups is 3. The molecule has 0 bridgehead atoms. The average Bonchev–Trinajstić information content (AvgIpc) is 2.60. The van der Waals surface area contributed by atoms with Gasteiger partial charge in [0.1, 0.15) is 5.69 Å². The maximum Gasteiger partial charge on any atom is 0.233 e. The molecule has 3 N–H and O–H groups in total. The number of rotatable bonds is 4. The highest BCUT2D eigenvalue weighted by Gasteiger charge is 2.18. The lowest BCUT2D eigenvalue weighted by Gasteiger charge is -2.13. The highest BCUT2D eigenvalue weighted by molar-refractivity contribution is 5.99. The van der Waals surface area contributed by atoms with Crippen LogP contribution in [0.1, 0.15) is 20.8 Å². The lowest BCUT2D eigenvalue weighted by atomic mass is 10.1. The van der Waals surface area contributed by atoms with Gasteiger partial charge >= 0.3 is 0 Å². The van der Waals surface area contributed by atoms with Gasteiger partial charge in [0.25, 0.3) is 0 Å². The molecular weight excluding hydrogens is 362 g/mol. The van der Waals surface area contributed by atoms with Crippen molar-refractivity contribution in [3.63, 3.8) is 0 Å². The molecule has 10 nitrogen and oxygen atoms in total. The Morgan fingerprint density at radius 3 is 1.93 bits per heavy atom. The molecule has 0 spiro atoms. The topological polar surface area (TPSA) is 139 Å². The van der Waals surface area contributed by atoms with E-state index in [9.17, 15) is 14.4 Å². The minimum atomic E-state index is -0.385. The molecule has 142 valence electrons. The number of nitrogens with one attached hydrogen (secondary N) is 3. The highest BCUT2D eigenvalue weighted by atomic mass is 16.2.